The summed E-state index contributed by atoms with van der Waals surface area (Å²) in [5.74, 6) is 1.00. The fourth-order valence-corrected chi connectivity index (χ4v) is 2.31. The van der Waals surface area contributed by atoms with Crippen LogP contribution in [0.25, 0.3) is 0 Å². The van der Waals surface area contributed by atoms with Crippen molar-refractivity contribution in [1.29, 1.82) is 0 Å². The van der Waals surface area contributed by atoms with Crippen LogP contribution in [-0.4, -0.2) is 9.36 Å². The van der Waals surface area contributed by atoms with Gasteiger partial charge in [0.2, 0.25) is 3.83 Å². The molecule has 3 nitrogen and oxygen atoms in total. The predicted molar refractivity (Wildman–Crippen MR) is 58.7 cm³/mol. The number of furan rings is 1. The van der Waals surface area contributed by atoms with Crippen LogP contribution in [0.1, 0.15) is 10.8 Å². The standard InChI is InChI=1S/C8H7IN2OS/c9-8-10-7(13-11-8)4-3-6-2-1-5-12-6/h1-2,5H,3-4H2. The van der Waals surface area contributed by atoms with Crippen LogP contribution >= 0.6 is 34.1 Å². The average Bonchev–Trinajstić information content (AvgIpc) is 2.71. The molecule has 13 heavy (non-hydrogen) atoms. The van der Waals surface area contributed by atoms with Crippen molar-refractivity contribution in [2.24, 2.45) is 0 Å². The summed E-state index contributed by atoms with van der Waals surface area (Å²) in [6.07, 6.45) is 3.51. The van der Waals surface area contributed by atoms with Gasteiger partial charge in [-0.1, -0.05) is 0 Å². The van der Waals surface area contributed by atoms with Crippen LogP contribution in [0, 0.1) is 3.83 Å². The van der Waals surface area contributed by atoms with E-state index in [9.17, 15) is 0 Å². The van der Waals surface area contributed by atoms with Crippen LogP contribution in [0.2, 0.25) is 0 Å². The van der Waals surface area contributed by atoms with Crippen LogP contribution in [0.4, 0.5) is 0 Å². The first-order valence-corrected chi connectivity index (χ1v) is 5.70. The molecule has 2 heterocycles. The van der Waals surface area contributed by atoms with Crippen LogP contribution in [-0.2, 0) is 12.8 Å². The van der Waals surface area contributed by atoms with Crippen molar-refractivity contribution in [2.75, 3.05) is 0 Å². The monoisotopic (exact) mass is 306 g/mol. The quantitative estimate of drug-likeness (QED) is 0.818. The van der Waals surface area contributed by atoms with Crippen molar-refractivity contribution in [2.45, 2.75) is 12.8 Å². The zero-order chi connectivity index (χ0) is 9.10. The van der Waals surface area contributed by atoms with E-state index in [4.69, 9.17) is 4.42 Å². The molecular formula is C8H7IN2OS. The highest BCUT2D eigenvalue weighted by molar-refractivity contribution is 14.1. The molecule has 2 rings (SSSR count). The third-order valence-corrected chi connectivity index (χ3v) is 3.19. The Morgan fingerprint density at radius 3 is 3.00 bits per heavy atom. The molecule has 0 N–H and O–H groups in total. The molecule has 0 saturated heterocycles. The number of rotatable bonds is 3. The smallest absolute Gasteiger partial charge is 0.203 e. The molecule has 0 spiro atoms. The summed E-state index contributed by atoms with van der Waals surface area (Å²) in [6.45, 7) is 0. The Morgan fingerprint density at radius 2 is 2.38 bits per heavy atom. The SMILES string of the molecule is Ic1nsc(CCc2ccco2)n1. The van der Waals surface area contributed by atoms with E-state index in [2.05, 4.69) is 31.9 Å². The topological polar surface area (TPSA) is 38.9 Å². The largest absolute Gasteiger partial charge is 0.469 e. The molecule has 0 radical (unpaired) electrons. The van der Waals surface area contributed by atoms with E-state index in [0.717, 1.165) is 27.4 Å². The van der Waals surface area contributed by atoms with Gasteiger partial charge in [0.05, 0.1) is 6.26 Å². The van der Waals surface area contributed by atoms with Gasteiger partial charge in [-0.2, -0.15) is 4.37 Å². The fraction of sp³-hybridized carbons (Fsp3) is 0.250. The lowest BCUT2D eigenvalue weighted by atomic mass is 10.2. The maximum Gasteiger partial charge on any atom is 0.203 e. The summed E-state index contributed by atoms with van der Waals surface area (Å²) >= 11 is 3.58. The molecule has 2 aromatic heterocycles. The van der Waals surface area contributed by atoms with Crippen LogP contribution in [0.5, 0.6) is 0 Å². The van der Waals surface area contributed by atoms with Crippen molar-refractivity contribution in [1.82, 2.24) is 9.36 Å². The number of aromatic nitrogens is 2. The summed E-state index contributed by atoms with van der Waals surface area (Å²) < 4.78 is 10.2. The summed E-state index contributed by atoms with van der Waals surface area (Å²) in [7, 11) is 0. The molecule has 0 aromatic carbocycles. The van der Waals surface area contributed by atoms with Crippen molar-refractivity contribution >= 4 is 34.1 Å². The van der Waals surface area contributed by atoms with Gasteiger partial charge < -0.3 is 4.42 Å². The molecular weight excluding hydrogens is 299 g/mol. The van der Waals surface area contributed by atoms with E-state index < -0.39 is 0 Å². The Labute approximate surface area is 93.5 Å². The first-order valence-electron chi connectivity index (χ1n) is 3.85. The molecule has 0 bridgehead atoms. The molecule has 0 aliphatic heterocycles. The van der Waals surface area contributed by atoms with E-state index in [1.807, 2.05) is 12.1 Å². The minimum Gasteiger partial charge on any atom is -0.469 e. The van der Waals surface area contributed by atoms with Crippen molar-refractivity contribution in [3.8, 4) is 0 Å². The van der Waals surface area contributed by atoms with Crippen LogP contribution in [0.3, 0.4) is 0 Å². The van der Waals surface area contributed by atoms with Crippen molar-refractivity contribution < 1.29 is 4.42 Å². The van der Waals surface area contributed by atoms with Crippen molar-refractivity contribution in [3.63, 3.8) is 0 Å². The number of hydrogen-bond donors (Lipinski definition) is 0. The molecule has 2 aromatic rings. The minimum atomic E-state index is 0.831. The second-order valence-electron chi connectivity index (χ2n) is 2.54. The van der Waals surface area contributed by atoms with Crippen molar-refractivity contribution in [3.05, 3.63) is 33.0 Å². The van der Waals surface area contributed by atoms with Crippen LogP contribution < -0.4 is 0 Å². The summed E-state index contributed by atoms with van der Waals surface area (Å²) in [4.78, 5) is 4.26. The zero-order valence-electron chi connectivity index (χ0n) is 6.74. The summed E-state index contributed by atoms with van der Waals surface area (Å²) in [5.41, 5.74) is 0. The Bertz CT molecular complexity index is 371. The highest BCUT2D eigenvalue weighted by atomic mass is 127. The lowest BCUT2D eigenvalue weighted by Gasteiger charge is -1.91. The lowest BCUT2D eigenvalue weighted by Crippen LogP contribution is -1.88. The first-order chi connectivity index (χ1) is 6.34. The first kappa shape index (κ1) is 9.14. The lowest BCUT2D eigenvalue weighted by molar-refractivity contribution is 0.508. The molecule has 5 heteroatoms. The zero-order valence-corrected chi connectivity index (χ0v) is 9.71. The van der Waals surface area contributed by atoms with E-state index in [1.54, 1.807) is 6.26 Å². The molecule has 0 aliphatic carbocycles. The van der Waals surface area contributed by atoms with Gasteiger partial charge in [-0.3, -0.25) is 0 Å². The minimum absolute atomic E-state index is 0.831. The maximum absolute atomic E-state index is 5.22. The molecule has 0 saturated carbocycles. The van der Waals surface area contributed by atoms with Gasteiger partial charge in [-0.05, 0) is 23.7 Å². The highest BCUT2D eigenvalue weighted by Gasteiger charge is 2.02. The third kappa shape index (κ3) is 2.50. The maximum atomic E-state index is 5.22. The summed E-state index contributed by atoms with van der Waals surface area (Å²) in [6, 6.07) is 3.88. The van der Waals surface area contributed by atoms with E-state index in [0.29, 0.717) is 0 Å². The molecule has 0 amide bonds. The van der Waals surface area contributed by atoms with E-state index >= 15 is 0 Å². The van der Waals surface area contributed by atoms with Gasteiger partial charge in [0.25, 0.3) is 0 Å². The average molecular weight is 306 g/mol. The normalized spacial score (nSPS) is 10.5. The Hall–Kier alpha value is -0.430. The predicted octanol–water partition coefficient (Wildman–Crippen LogP) is 2.52. The molecule has 0 atom stereocenters. The number of nitrogens with zero attached hydrogens (tertiary/aromatic N) is 2. The number of aryl methyl sites for hydroxylation is 2. The Kier molecular flexibility index (Phi) is 2.94. The van der Waals surface area contributed by atoms with E-state index in [1.165, 1.54) is 11.5 Å². The van der Waals surface area contributed by atoms with Gasteiger partial charge in [0.1, 0.15) is 10.8 Å². The summed E-state index contributed by atoms with van der Waals surface area (Å²) in [5, 5.41) is 1.07. The van der Waals surface area contributed by atoms with Gasteiger partial charge in [0.15, 0.2) is 0 Å². The van der Waals surface area contributed by atoms with Crippen LogP contribution in [0.15, 0.2) is 22.8 Å². The highest BCUT2D eigenvalue weighted by Crippen LogP contribution is 2.10. The second-order valence-corrected chi connectivity index (χ2v) is 4.34. The van der Waals surface area contributed by atoms with Gasteiger partial charge in [-0.15, -0.1) is 0 Å². The molecule has 0 unspecified atom stereocenters. The molecule has 68 valence electrons. The third-order valence-electron chi connectivity index (χ3n) is 1.61. The molecule has 0 aliphatic rings. The van der Waals surface area contributed by atoms with Gasteiger partial charge >= 0.3 is 0 Å². The van der Waals surface area contributed by atoms with Gasteiger partial charge in [0, 0.05) is 35.4 Å². The fourth-order valence-electron chi connectivity index (χ4n) is 1.02. The second kappa shape index (κ2) is 4.19. The molecule has 0 fully saturated rings. The van der Waals surface area contributed by atoms with Gasteiger partial charge in [-0.25, -0.2) is 4.98 Å². The Balaban J connectivity index is 1.93. The Morgan fingerprint density at radius 1 is 1.46 bits per heavy atom. The number of hydrogen-bond acceptors (Lipinski definition) is 4. The number of halogens is 1. The van der Waals surface area contributed by atoms with E-state index in [-0.39, 0.29) is 0 Å².